The Kier molecular flexibility index (Phi) is 4.40. The lowest BCUT2D eigenvalue weighted by Crippen LogP contribution is -2.55. The van der Waals surface area contributed by atoms with Crippen molar-refractivity contribution < 1.29 is 27.1 Å². The third kappa shape index (κ3) is 3.72. The molecule has 25 heavy (non-hydrogen) atoms. The van der Waals surface area contributed by atoms with Gasteiger partial charge in [-0.2, -0.15) is 13.8 Å². The van der Waals surface area contributed by atoms with E-state index in [1.165, 1.54) is 6.07 Å². The summed E-state index contributed by atoms with van der Waals surface area (Å²) in [6.45, 7) is 1.28. The summed E-state index contributed by atoms with van der Waals surface area (Å²) in [5, 5.41) is -0.229. The smallest absolute Gasteiger partial charge is 0.375 e. The second kappa shape index (κ2) is 6.14. The zero-order chi connectivity index (χ0) is 18.4. The maximum absolute atomic E-state index is 14.1. The van der Waals surface area contributed by atoms with Crippen LogP contribution < -0.4 is 4.90 Å². The summed E-state index contributed by atoms with van der Waals surface area (Å²) in [6.07, 6.45) is -2.85. The number of anilines is 1. The van der Waals surface area contributed by atoms with E-state index in [-0.39, 0.29) is 40.2 Å². The number of halogens is 4. The molecule has 1 saturated heterocycles. The maximum Gasteiger partial charge on any atom is 0.375 e. The van der Waals surface area contributed by atoms with Crippen molar-refractivity contribution >= 4 is 34.3 Å². The molecule has 0 aromatic carbocycles. The Morgan fingerprint density at radius 3 is 2.72 bits per heavy atom. The van der Waals surface area contributed by atoms with E-state index in [9.17, 15) is 18.0 Å². The molecule has 3 heterocycles. The highest BCUT2D eigenvalue weighted by Gasteiger charge is 2.49. The highest BCUT2D eigenvalue weighted by atomic mass is 35.5. The Morgan fingerprint density at radius 1 is 1.36 bits per heavy atom. The lowest BCUT2D eigenvalue weighted by Gasteiger charge is -2.39. The molecular weight excluding hydrogens is 363 g/mol. The SMILES string of the molecule is CCCC(=O)c1cc2nc(Cl)nc(N3CC(C)(F)OC(F)(F)C3)c2o1. The zero-order valence-electron chi connectivity index (χ0n) is 13.5. The number of hydrogen-bond donors (Lipinski definition) is 0. The standard InChI is InChI=1S/C15H15ClF3N3O3/c1-3-4-9(23)10-5-8-11(24-10)12(21-13(16)20-8)22-6-14(2,17)25-15(18,19)7-22/h5H,3-4,6-7H2,1-2H3. The van der Waals surface area contributed by atoms with Crippen LogP contribution in [-0.2, 0) is 4.74 Å². The number of ether oxygens (including phenoxy) is 1. The highest BCUT2D eigenvalue weighted by Crippen LogP contribution is 2.37. The fraction of sp³-hybridized carbons (Fsp3) is 0.533. The zero-order valence-corrected chi connectivity index (χ0v) is 14.2. The fourth-order valence-electron chi connectivity index (χ4n) is 2.73. The minimum absolute atomic E-state index is 0.00245. The normalized spacial score (nSPS) is 23.2. The van der Waals surface area contributed by atoms with Crippen LogP contribution in [0.15, 0.2) is 10.5 Å². The average molecular weight is 378 g/mol. The molecule has 1 fully saturated rings. The molecule has 1 aliphatic heterocycles. The first-order valence-corrected chi connectivity index (χ1v) is 8.00. The van der Waals surface area contributed by atoms with Gasteiger partial charge in [0.1, 0.15) is 12.1 Å². The molecule has 0 bridgehead atoms. The summed E-state index contributed by atoms with van der Waals surface area (Å²) >= 11 is 5.85. The lowest BCUT2D eigenvalue weighted by molar-refractivity contribution is -0.331. The number of hydrogen-bond acceptors (Lipinski definition) is 6. The summed E-state index contributed by atoms with van der Waals surface area (Å²) in [6, 6.07) is 1.37. The number of ketones is 1. The van der Waals surface area contributed by atoms with E-state index in [1.54, 1.807) is 0 Å². The van der Waals surface area contributed by atoms with Crippen LogP contribution in [-0.4, -0.2) is 40.8 Å². The van der Waals surface area contributed by atoms with Gasteiger partial charge in [-0.05, 0) is 24.9 Å². The number of carbonyl (C=O) groups is 1. The van der Waals surface area contributed by atoms with Gasteiger partial charge < -0.3 is 9.32 Å². The van der Waals surface area contributed by atoms with Crippen molar-refractivity contribution in [2.24, 2.45) is 0 Å². The minimum Gasteiger partial charge on any atom is -0.447 e. The minimum atomic E-state index is -3.72. The van der Waals surface area contributed by atoms with Crippen LogP contribution in [0.5, 0.6) is 0 Å². The summed E-state index contributed by atoms with van der Waals surface area (Å²) in [4.78, 5) is 20.8. The van der Waals surface area contributed by atoms with Gasteiger partial charge in [-0.25, -0.2) is 9.37 Å². The lowest BCUT2D eigenvalue weighted by atomic mass is 10.2. The Balaban J connectivity index is 2.07. The molecule has 3 rings (SSSR count). The van der Waals surface area contributed by atoms with Crippen molar-refractivity contribution in [1.29, 1.82) is 0 Å². The van der Waals surface area contributed by atoms with E-state index in [4.69, 9.17) is 16.0 Å². The summed E-state index contributed by atoms with van der Waals surface area (Å²) < 4.78 is 51.1. The number of nitrogens with zero attached hydrogens (tertiary/aromatic N) is 3. The number of alkyl halides is 3. The number of morpholine rings is 1. The summed E-state index contributed by atoms with van der Waals surface area (Å²) in [5.41, 5.74) is 0.183. The largest absolute Gasteiger partial charge is 0.447 e. The van der Waals surface area contributed by atoms with Crippen molar-refractivity contribution in [1.82, 2.24) is 9.97 Å². The molecule has 0 radical (unpaired) electrons. The van der Waals surface area contributed by atoms with Gasteiger partial charge in [0.15, 0.2) is 22.9 Å². The number of Topliss-reactive ketones (excluding diaryl/α,β-unsaturated/α-hetero) is 1. The number of carbonyl (C=O) groups excluding carboxylic acids is 1. The number of fused-ring (bicyclic) bond motifs is 1. The van der Waals surface area contributed by atoms with E-state index >= 15 is 0 Å². The quantitative estimate of drug-likeness (QED) is 0.593. The van der Waals surface area contributed by atoms with Gasteiger partial charge >= 0.3 is 6.11 Å². The van der Waals surface area contributed by atoms with E-state index in [0.717, 1.165) is 11.8 Å². The van der Waals surface area contributed by atoms with Gasteiger partial charge in [-0.3, -0.25) is 9.53 Å². The summed E-state index contributed by atoms with van der Waals surface area (Å²) in [5.74, 6) is -2.95. The van der Waals surface area contributed by atoms with Crippen molar-refractivity contribution in [3.8, 4) is 0 Å². The van der Waals surface area contributed by atoms with Crippen molar-refractivity contribution in [3.05, 3.63) is 17.1 Å². The third-order valence-corrected chi connectivity index (χ3v) is 3.76. The topological polar surface area (TPSA) is 68.5 Å². The Labute approximate surface area is 145 Å². The highest BCUT2D eigenvalue weighted by molar-refractivity contribution is 6.28. The molecular formula is C15H15ClF3N3O3. The van der Waals surface area contributed by atoms with Gasteiger partial charge in [-0.1, -0.05) is 6.92 Å². The van der Waals surface area contributed by atoms with Crippen LogP contribution in [0.4, 0.5) is 19.0 Å². The first-order chi connectivity index (χ1) is 11.6. The molecule has 136 valence electrons. The molecule has 0 amide bonds. The molecule has 2 aromatic heterocycles. The van der Waals surface area contributed by atoms with Gasteiger partial charge in [0.25, 0.3) is 0 Å². The molecule has 1 aliphatic rings. The third-order valence-electron chi connectivity index (χ3n) is 3.59. The molecule has 0 aliphatic carbocycles. The van der Waals surface area contributed by atoms with Gasteiger partial charge in [0.2, 0.25) is 11.1 Å². The number of furan rings is 1. The van der Waals surface area contributed by atoms with Crippen LogP contribution in [0, 0.1) is 0 Å². The number of aromatic nitrogens is 2. The van der Waals surface area contributed by atoms with Crippen molar-refractivity contribution in [2.45, 2.75) is 38.7 Å². The van der Waals surface area contributed by atoms with Crippen LogP contribution >= 0.6 is 11.6 Å². The van der Waals surface area contributed by atoms with Crippen LogP contribution in [0.2, 0.25) is 5.28 Å². The molecule has 1 atom stereocenters. The van der Waals surface area contributed by atoms with Crippen LogP contribution in [0.1, 0.15) is 37.2 Å². The predicted molar refractivity (Wildman–Crippen MR) is 83.8 cm³/mol. The van der Waals surface area contributed by atoms with Gasteiger partial charge in [0.05, 0.1) is 6.54 Å². The van der Waals surface area contributed by atoms with Gasteiger partial charge in [0, 0.05) is 12.5 Å². The Morgan fingerprint density at radius 2 is 2.08 bits per heavy atom. The molecule has 1 unspecified atom stereocenters. The van der Waals surface area contributed by atoms with E-state index in [2.05, 4.69) is 14.7 Å². The Bertz CT molecular complexity index is 809. The molecule has 2 aromatic rings. The van der Waals surface area contributed by atoms with E-state index in [0.29, 0.717) is 6.42 Å². The summed E-state index contributed by atoms with van der Waals surface area (Å²) in [7, 11) is 0. The molecule has 0 spiro atoms. The molecule has 6 nitrogen and oxygen atoms in total. The maximum atomic E-state index is 14.1. The van der Waals surface area contributed by atoms with Crippen LogP contribution in [0.25, 0.3) is 11.1 Å². The van der Waals surface area contributed by atoms with Gasteiger partial charge in [-0.15, -0.1) is 0 Å². The van der Waals surface area contributed by atoms with Crippen LogP contribution in [0.3, 0.4) is 0 Å². The monoisotopic (exact) mass is 377 g/mol. The second-order valence-corrected chi connectivity index (χ2v) is 6.35. The first kappa shape index (κ1) is 17.9. The first-order valence-electron chi connectivity index (χ1n) is 7.62. The van der Waals surface area contributed by atoms with E-state index < -0.39 is 25.1 Å². The van der Waals surface area contributed by atoms with E-state index in [1.807, 2.05) is 6.92 Å². The molecule has 0 saturated carbocycles. The predicted octanol–water partition coefficient (Wildman–Crippen LogP) is 3.97. The number of rotatable bonds is 4. The second-order valence-electron chi connectivity index (χ2n) is 6.01. The van der Waals surface area contributed by atoms with Crippen molar-refractivity contribution in [3.63, 3.8) is 0 Å². The van der Waals surface area contributed by atoms with Crippen molar-refractivity contribution in [2.75, 3.05) is 18.0 Å². The average Bonchev–Trinajstić information content (AvgIpc) is 2.87. The Hall–Kier alpha value is -1.87. The fourth-order valence-corrected chi connectivity index (χ4v) is 2.90. The molecule has 0 N–H and O–H groups in total. The molecule has 10 heteroatoms.